The zero-order valence-electron chi connectivity index (χ0n) is 16.7. The highest BCUT2D eigenvalue weighted by molar-refractivity contribution is 5.99. The molecular formula is C22H31N3O3. The van der Waals surface area contributed by atoms with Gasteiger partial charge in [0, 0.05) is 25.0 Å². The summed E-state index contributed by atoms with van der Waals surface area (Å²) in [6, 6.07) is 9.31. The van der Waals surface area contributed by atoms with Crippen molar-refractivity contribution < 1.29 is 14.4 Å². The Morgan fingerprint density at radius 2 is 1.96 bits per heavy atom. The average Bonchev–Trinajstić information content (AvgIpc) is 2.71. The molecule has 0 spiro atoms. The molecule has 2 aliphatic rings. The van der Waals surface area contributed by atoms with Crippen LogP contribution in [0, 0.1) is 11.8 Å². The van der Waals surface area contributed by atoms with Crippen LogP contribution in [0.3, 0.4) is 0 Å². The van der Waals surface area contributed by atoms with Crippen LogP contribution in [0.4, 0.5) is 4.79 Å². The molecule has 1 aromatic rings. The van der Waals surface area contributed by atoms with Crippen molar-refractivity contribution in [1.82, 2.24) is 15.5 Å². The third-order valence-corrected chi connectivity index (χ3v) is 5.90. The van der Waals surface area contributed by atoms with E-state index in [0.29, 0.717) is 38.8 Å². The molecule has 1 aliphatic carbocycles. The van der Waals surface area contributed by atoms with Gasteiger partial charge in [-0.25, -0.2) is 4.79 Å². The van der Waals surface area contributed by atoms with Gasteiger partial charge in [-0.3, -0.25) is 14.5 Å². The number of amides is 4. The molecule has 3 unspecified atom stereocenters. The van der Waals surface area contributed by atoms with Gasteiger partial charge in [-0.05, 0) is 37.7 Å². The number of imide groups is 1. The molecule has 0 bridgehead atoms. The van der Waals surface area contributed by atoms with E-state index in [1.54, 1.807) is 0 Å². The minimum Gasteiger partial charge on any atom is -0.356 e. The maximum absolute atomic E-state index is 12.9. The van der Waals surface area contributed by atoms with E-state index in [-0.39, 0.29) is 35.7 Å². The van der Waals surface area contributed by atoms with Crippen molar-refractivity contribution in [1.29, 1.82) is 0 Å². The second-order valence-corrected chi connectivity index (χ2v) is 7.90. The first-order valence-corrected chi connectivity index (χ1v) is 10.5. The van der Waals surface area contributed by atoms with Gasteiger partial charge < -0.3 is 10.6 Å². The Hall–Kier alpha value is -2.37. The molecular weight excluding hydrogens is 354 g/mol. The van der Waals surface area contributed by atoms with E-state index in [1.165, 1.54) is 4.90 Å². The number of rotatable bonds is 8. The molecule has 1 heterocycles. The summed E-state index contributed by atoms with van der Waals surface area (Å²) in [6.45, 7) is 3.23. The second kappa shape index (κ2) is 9.71. The zero-order valence-corrected chi connectivity index (χ0v) is 16.7. The van der Waals surface area contributed by atoms with Gasteiger partial charge in [-0.15, -0.1) is 0 Å². The largest absolute Gasteiger partial charge is 0.356 e. The summed E-state index contributed by atoms with van der Waals surface area (Å²) in [7, 11) is 0. The molecule has 2 fully saturated rings. The third-order valence-electron chi connectivity index (χ3n) is 5.90. The van der Waals surface area contributed by atoms with Crippen LogP contribution >= 0.6 is 0 Å². The van der Waals surface area contributed by atoms with Crippen LogP contribution in [0.1, 0.15) is 51.0 Å². The molecule has 4 amide bonds. The van der Waals surface area contributed by atoms with E-state index in [9.17, 15) is 14.4 Å². The molecule has 1 saturated carbocycles. The van der Waals surface area contributed by atoms with Crippen molar-refractivity contribution in [2.75, 3.05) is 13.1 Å². The number of carbonyl (C=O) groups is 3. The first-order chi connectivity index (χ1) is 13.6. The quantitative estimate of drug-likeness (QED) is 0.676. The fraction of sp³-hybridized carbons (Fsp3) is 0.591. The highest BCUT2D eigenvalue weighted by Crippen LogP contribution is 2.33. The Morgan fingerprint density at radius 3 is 2.71 bits per heavy atom. The van der Waals surface area contributed by atoms with E-state index in [0.717, 1.165) is 24.8 Å². The predicted octanol–water partition coefficient (Wildman–Crippen LogP) is 2.87. The van der Waals surface area contributed by atoms with E-state index in [1.807, 2.05) is 30.3 Å². The molecule has 6 nitrogen and oxygen atoms in total. The second-order valence-electron chi connectivity index (χ2n) is 7.90. The van der Waals surface area contributed by atoms with Crippen LogP contribution in [-0.2, 0) is 16.0 Å². The van der Waals surface area contributed by atoms with Crippen LogP contribution in [0.15, 0.2) is 30.3 Å². The zero-order chi connectivity index (χ0) is 19.9. The summed E-state index contributed by atoms with van der Waals surface area (Å²) in [5, 5.41) is 5.99. The number of hydrogen-bond acceptors (Lipinski definition) is 3. The van der Waals surface area contributed by atoms with E-state index < -0.39 is 0 Å². The monoisotopic (exact) mass is 385 g/mol. The Balaban J connectivity index is 1.52. The highest BCUT2D eigenvalue weighted by atomic mass is 16.2. The number of nitrogens with one attached hydrogen (secondary N) is 2. The van der Waals surface area contributed by atoms with E-state index in [2.05, 4.69) is 17.6 Å². The summed E-state index contributed by atoms with van der Waals surface area (Å²) in [6.07, 6.45) is 5.78. The third kappa shape index (κ3) is 4.91. The topological polar surface area (TPSA) is 78.5 Å². The minimum atomic E-state index is -0.328. The Kier molecular flexibility index (Phi) is 7.06. The molecule has 1 saturated heterocycles. The number of fused-ring (bicyclic) bond motifs is 1. The highest BCUT2D eigenvalue weighted by Gasteiger charge is 2.45. The first kappa shape index (κ1) is 20.4. The number of nitrogens with zero attached hydrogens (tertiary/aromatic N) is 1. The summed E-state index contributed by atoms with van der Waals surface area (Å²) in [4.78, 5) is 39.1. The van der Waals surface area contributed by atoms with Gasteiger partial charge >= 0.3 is 6.03 Å². The van der Waals surface area contributed by atoms with Crippen molar-refractivity contribution in [2.45, 2.75) is 57.9 Å². The fourth-order valence-electron chi connectivity index (χ4n) is 4.23. The number of unbranched alkanes of at least 4 members (excludes halogenated alkanes) is 2. The Morgan fingerprint density at radius 1 is 1.18 bits per heavy atom. The summed E-state index contributed by atoms with van der Waals surface area (Å²) in [5.74, 6) is -0.362. The summed E-state index contributed by atoms with van der Waals surface area (Å²) in [5.41, 5.74) is 1.11. The van der Waals surface area contributed by atoms with Crippen LogP contribution in [-0.4, -0.2) is 41.9 Å². The van der Waals surface area contributed by atoms with E-state index >= 15 is 0 Å². The maximum atomic E-state index is 12.9. The van der Waals surface area contributed by atoms with Crippen molar-refractivity contribution in [3.63, 3.8) is 0 Å². The van der Waals surface area contributed by atoms with Crippen LogP contribution in [0.5, 0.6) is 0 Å². The van der Waals surface area contributed by atoms with Gasteiger partial charge in [0.2, 0.25) is 11.8 Å². The Bertz CT molecular complexity index is 692. The molecule has 3 atom stereocenters. The SMILES string of the molecule is CCCCCNC(=O)C1CCC2C(=O)N(CCc3ccccc3)C(=O)NC2C1. The molecule has 28 heavy (non-hydrogen) atoms. The molecule has 3 rings (SSSR count). The lowest BCUT2D eigenvalue weighted by Gasteiger charge is -2.42. The lowest BCUT2D eigenvalue weighted by molar-refractivity contribution is -0.139. The lowest BCUT2D eigenvalue weighted by Crippen LogP contribution is -2.62. The molecule has 152 valence electrons. The van der Waals surface area contributed by atoms with Crippen LogP contribution < -0.4 is 10.6 Å². The normalized spacial score (nSPS) is 24.5. The number of urea groups is 1. The predicted molar refractivity (Wildman–Crippen MR) is 108 cm³/mol. The van der Waals surface area contributed by atoms with Crippen molar-refractivity contribution >= 4 is 17.8 Å². The smallest absolute Gasteiger partial charge is 0.324 e. The first-order valence-electron chi connectivity index (χ1n) is 10.5. The van der Waals surface area contributed by atoms with Crippen molar-refractivity contribution in [2.24, 2.45) is 11.8 Å². The van der Waals surface area contributed by atoms with Crippen LogP contribution in [0.25, 0.3) is 0 Å². The summed E-state index contributed by atoms with van der Waals surface area (Å²) >= 11 is 0. The van der Waals surface area contributed by atoms with Crippen molar-refractivity contribution in [3.05, 3.63) is 35.9 Å². The average molecular weight is 386 g/mol. The molecule has 6 heteroatoms. The Labute approximate surface area is 167 Å². The minimum absolute atomic E-state index is 0.0581. The van der Waals surface area contributed by atoms with E-state index in [4.69, 9.17) is 0 Å². The van der Waals surface area contributed by atoms with Gasteiger partial charge in [-0.2, -0.15) is 0 Å². The number of carbonyl (C=O) groups excluding carboxylic acids is 3. The maximum Gasteiger partial charge on any atom is 0.324 e. The number of hydrogen-bond donors (Lipinski definition) is 2. The molecule has 0 aromatic heterocycles. The van der Waals surface area contributed by atoms with Gasteiger partial charge in [-0.1, -0.05) is 50.1 Å². The molecule has 0 radical (unpaired) electrons. The van der Waals surface area contributed by atoms with Gasteiger partial charge in [0.15, 0.2) is 0 Å². The van der Waals surface area contributed by atoms with Gasteiger partial charge in [0.1, 0.15) is 0 Å². The number of benzene rings is 1. The fourth-order valence-corrected chi connectivity index (χ4v) is 4.23. The lowest BCUT2D eigenvalue weighted by atomic mass is 9.76. The molecule has 2 N–H and O–H groups in total. The van der Waals surface area contributed by atoms with Crippen LogP contribution in [0.2, 0.25) is 0 Å². The van der Waals surface area contributed by atoms with Gasteiger partial charge in [0.05, 0.1) is 5.92 Å². The van der Waals surface area contributed by atoms with Crippen molar-refractivity contribution in [3.8, 4) is 0 Å². The molecule has 1 aromatic carbocycles. The van der Waals surface area contributed by atoms with Gasteiger partial charge in [0.25, 0.3) is 0 Å². The summed E-state index contributed by atoms with van der Waals surface area (Å²) < 4.78 is 0. The standard InChI is InChI=1S/C22H31N3O3/c1-2-3-7-13-23-20(26)17-10-11-18-19(15-17)24-22(28)25(21(18)27)14-12-16-8-5-4-6-9-16/h4-6,8-9,17-19H,2-3,7,10-15H2,1H3,(H,23,26)(H,24,28). The molecule has 1 aliphatic heterocycles.